The number of carbonyl (C=O) groups is 1. The summed E-state index contributed by atoms with van der Waals surface area (Å²) < 4.78 is 5.33. The molecule has 126 valence electrons. The molecule has 0 aromatic heterocycles. The van der Waals surface area contributed by atoms with Crippen molar-refractivity contribution in [3.8, 4) is 0 Å². The molecule has 21 heavy (non-hydrogen) atoms. The van der Waals surface area contributed by atoms with E-state index in [0.29, 0.717) is 0 Å². The summed E-state index contributed by atoms with van der Waals surface area (Å²) in [6.07, 6.45) is 4.81. The van der Waals surface area contributed by atoms with Gasteiger partial charge in [0.2, 0.25) is 0 Å². The molecule has 1 heterocycles. The maximum Gasteiger partial charge on any atom is 0.319 e. The summed E-state index contributed by atoms with van der Waals surface area (Å²) in [6, 6.07) is 0.134. The van der Waals surface area contributed by atoms with Crippen LogP contribution in [0, 0.1) is 0 Å². The summed E-state index contributed by atoms with van der Waals surface area (Å²) in [4.78, 5) is 18.2. The van der Waals surface area contributed by atoms with E-state index in [4.69, 9.17) is 4.74 Å². The van der Waals surface area contributed by atoms with Gasteiger partial charge in [0.05, 0.1) is 13.2 Å². The molecule has 1 aliphatic rings. The molecule has 0 spiro atoms. The molecule has 5 nitrogen and oxygen atoms in total. The Morgan fingerprint density at radius 3 is 2.29 bits per heavy atom. The van der Waals surface area contributed by atoms with Crippen LogP contribution in [0.2, 0.25) is 0 Å². The Balaban J connectivity index is 0.00000400. The average molecular weight is 322 g/mol. The topological polar surface area (TPSA) is 36.0 Å². The smallest absolute Gasteiger partial charge is 0.319 e. The number of amides is 2. The number of nitrogens with zero attached hydrogens (tertiary/aromatic N) is 3. The summed E-state index contributed by atoms with van der Waals surface area (Å²) in [6.45, 7) is 8.39. The van der Waals surface area contributed by atoms with Gasteiger partial charge in [-0.15, -0.1) is 12.4 Å². The number of ether oxygens (including phenoxy) is 1. The third-order valence-corrected chi connectivity index (χ3v) is 3.86. The van der Waals surface area contributed by atoms with Crippen LogP contribution in [0.15, 0.2) is 0 Å². The Labute approximate surface area is 136 Å². The number of rotatable bonds is 8. The average Bonchev–Trinajstić information content (AvgIpc) is 2.49. The van der Waals surface area contributed by atoms with Gasteiger partial charge in [-0.05, 0) is 6.42 Å². The third kappa shape index (κ3) is 8.49. The lowest BCUT2D eigenvalue weighted by Gasteiger charge is -2.30. The highest BCUT2D eigenvalue weighted by atomic mass is 35.5. The van der Waals surface area contributed by atoms with Crippen molar-refractivity contribution in [2.75, 3.05) is 60.0 Å². The second-order valence-corrected chi connectivity index (χ2v) is 5.64. The van der Waals surface area contributed by atoms with Gasteiger partial charge in [-0.3, -0.25) is 4.90 Å². The minimum absolute atomic E-state index is 0. The number of halogens is 1. The van der Waals surface area contributed by atoms with Crippen molar-refractivity contribution in [2.24, 2.45) is 0 Å². The van der Waals surface area contributed by atoms with Gasteiger partial charge in [0.1, 0.15) is 0 Å². The number of likely N-dealkylation sites (N-methyl/N-ethyl adjacent to an activating group) is 1. The van der Waals surface area contributed by atoms with E-state index in [1.807, 2.05) is 23.9 Å². The van der Waals surface area contributed by atoms with Crippen LogP contribution >= 0.6 is 12.4 Å². The highest BCUT2D eigenvalue weighted by Gasteiger charge is 2.16. The molecule has 0 N–H and O–H groups in total. The normalized spacial score (nSPS) is 15.4. The van der Waals surface area contributed by atoms with Gasteiger partial charge in [-0.2, -0.15) is 0 Å². The predicted octanol–water partition coefficient (Wildman–Crippen LogP) is 2.30. The molecule has 6 heteroatoms. The molecule has 1 rings (SSSR count). The van der Waals surface area contributed by atoms with Crippen molar-refractivity contribution in [3.63, 3.8) is 0 Å². The van der Waals surface area contributed by atoms with E-state index in [1.165, 1.54) is 19.3 Å². The van der Waals surface area contributed by atoms with Crippen LogP contribution in [0.5, 0.6) is 0 Å². The number of urea groups is 1. The molecule has 0 radical (unpaired) electrons. The zero-order chi connectivity index (χ0) is 14.8. The number of morpholine rings is 1. The Hall–Kier alpha value is -0.520. The second kappa shape index (κ2) is 12.1. The lowest BCUT2D eigenvalue weighted by molar-refractivity contribution is 0.0352. The first kappa shape index (κ1) is 20.5. The standard InChI is InChI=1S/C15H31N3O2.ClH/c1-4-5-6-7-8-16(2)15(19)17(3)9-10-18-11-13-20-14-12-18;/h4-14H2,1-3H3;1H. The van der Waals surface area contributed by atoms with Gasteiger partial charge in [0.15, 0.2) is 0 Å². The van der Waals surface area contributed by atoms with Crippen LogP contribution in [-0.2, 0) is 4.74 Å². The summed E-state index contributed by atoms with van der Waals surface area (Å²) in [5, 5.41) is 0. The van der Waals surface area contributed by atoms with Crippen molar-refractivity contribution in [1.82, 2.24) is 14.7 Å². The van der Waals surface area contributed by atoms with Crippen LogP contribution in [-0.4, -0.2) is 80.8 Å². The fourth-order valence-electron chi connectivity index (χ4n) is 2.37. The first-order chi connectivity index (χ1) is 9.65. The molecular formula is C15H32ClN3O2. The fraction of sp³-hybridized carbons (Fsp3) is 0.933. The van der Waals surface area contributed by atoms with Crippen LogP contribution in [0.1, 0.15) is 32.6 Å². The van der Waals surface area contributed by atoms with Crippen molar-refractivity contribution in [3.05, 3.63) is 0 Å². The first-order valence-corrected chi connectivity index (χ1v) is 7.91. The van der Waals surface area contributed by atoms with Gasteiger partial charge in [-0.1, -0.05) is 26.2 Å². The van der Waals surface area contributed by atoms with Crippen molar-refractivity contribution >= 4 is 18.4 Å². The maximum absolute atomic E-state index is 12.2. The monoisotopic (exact) mass is 321 g/mol. The van der Waals surface area contributed by atoms with Crippen LogP contribution in [0.3, 0.4) is 0 Å². The molecule has 0 bridgehead atoms. The summed E-state index contributed by atoms with van der Waals surface area (Å²) in [5.74, 6) is 0. The van der Waals surface area contributed by atoms with Crippen molar-refractivity contribution < 1.29 is 9.53 Å². The molecule has 0 aromatic rings. The SMILES string of the molecule is CCCCCCN(C)C(=O)N(C)CCN1CCOCC1.Cl. The highest BCUT2D eigenvalue weighted by molar-refractivity contribution is 5.85. The van der Waals surface area contributed by atoms with Gasteiger partial charge < -0.3 is 14.5 Å². The summed E-state index contributed by atoms with van der Waals surface area (Å²) in [5.41, 5.74) is 0. The largest absolute Gasteiger partial charge is 0.379 e. The molecule has 0 saturated carbocycles. The lowest BCUT2D eigenvalue weighted by atomic mass is 10.2. The quantitative estimate of drug-likeness (QED) is 0.644. The second-order valence-electron chi connectivity index (χ2n) is 5.64. The van der Waals surface area contributed by atoms with E-state index in [2.05, 4.69) is 11.8 Å². The zero-order valence-corrected chi connectivity index (χ0v) is 14.7. The first-order valence-electron chi connectivity index (χ1n) is 7.91. The van der Waals surface area contributed by atoms with Crippen molar-refractivity contribution in [1.29, 1.82) is 0 Å². The summed E-state index contributed by atoms with van der Waals surface area (Å²) >= 11 is 0. The minimum atomic E-state index is 0. The van der Waals surface area contributed by atoms with E-state index in [0.717, 1.165) is 52.4 Å². The molecule has 0 unspecified atom stereocenters. The number of unbranched alkanes of at least 4 members (excludes halogenated alkanes) is 3. The van der Waals surface area contributed by atoms with E-state index in [1.54, 1.807) is 0 Å². The van der Waals surface area contributed by atoms with E-state index in [9.17, 15) is 4.79 Å². The summed E-state index contributed by atoms with van der Waals surface area (Å²) in [7, 11) is 3.80. The van der Waals surface area contributed by atoms with Crippen molar-refractivity contribution in [2.45, 2.75) is 32.6 Å². The van der Waals surface area contributed by atoms with Gasteiger partial charge in [0, 0.05) is 46.8 Å². The number of hydrogen-bond donors (Lipinski definition) is 0. The minimum Gasteiger partial charge on any atom is -0.379 e. The van der Waals surface area contributed by atoms with Gasteiger partial charge in [-0.25, -0.2) is 4.79 Å². The van der Waals surface area contributed by atoms with Crippen LogP contribution < -0.4 is 0 Å². The number of carbonyl (C=O) groups excluding carboxylic acids is 1. The lowest BCUT2D eigenvalue weighted by Crippen LogP contribution is -2.45. The zero-order valence-electron chi connectivity index (χ0n) is 13.8. The van der Waals surface area contributed by atoms with Crippen LogP contribution in [0.25, 0.3) is 0 Å². The van der Waals surface area contributed by atoms with Gasteiger partial charge in [0.25, 0.3) is 0 Å². The fourth-order valence-corrected chi connectivity index (χ4v) is 2.37. The maximum atomic E-state index is 12.2. The Morgan fingerprint density at radius 2 is 1.67 bits per heavy atom. The molecule has 1 fully saturated rings. The molecule has 0 atom stereocenters. The molecule has 0 aromatic carbocycles. The Bertz CT molecular complexity index is 274. The third-order valence-electron chi connectivity index (χ3n) is 3.86. The van der Waals surface area contributed by atoms with Crippen LogP contribution in [0.4, 0.5) is 4.79 Å². The predicted molar refractivity (Wildman–Crippen MR) is 89.3 cm³/mol. The Kier molecular flexibility index (Phi) is 11.8. The molecule has 2 amide bonds. The van der Waals surface area contributed by atoms with E-state index in [-0.39, 0.29) is 18.4 Å². The molecule has 0 aliphatic carbocycles. The molecule has 1 aliphatic heterocycles. The van der Waals surface area contributed by atoms with Gasteiger partial charge >= 0.3 is 6.03 Å². The Morgan fingerprint density at radius 1 is 1.05 bits per heavy atom. The van der Waals surface area contributed by atoms with E-state index >= 15 is 0 Å². The molecular weight excluding hydrogens is 290 g/mol. The highest BCUT2D eigenvalue weighted by Crippen LogP contribution is 2.03. The number of hydrogen-bond acceptors (Lipinski definition) is 3. The van der Waals surface area contributed by atoms with E-state index < -0.39 is 0 Å². The molecule has 1 saturated heterocycles.